The van der Waals surface area contributed by atoms with Crippen molar-refractivity contribution in [3.8, 4) is 11.5 Å². The van der Waals surface area contributed by atoms with Gasteiger partial charge in [0.2, 0.25) is 0 Å². The van der Waals surface area contributed by atoms with E-state index < -0.39 is 11.7 Å². The highest BCUT2D eigenvalue weighted by Crippen LogP contribution is 2.37. The smallest absolute Gasteiger partial charge is 0.416 e. The monoisotopic (exact) mass is 395 g/mol. The van der Waals surface area contributed by atoms with Crippen molar-refractivity contribution in [3.63, 3.8) is 0 Å². The van der Waals surface area contributed by atoms with E-state index in [0.717, 1.165) is 0 Å². The first-order valence-electron chi connectivity index (χ1n) is 8.99. The molecular formula is C19H29N3O6. The maximum atomic E-state index is 12.6. The van der Waals surface area contributed by atoms with Gasteiger partial charge in [0.1, 0.15) is 31.3 Å². The molecule has 1 heterocycles. The van der Waals surface area contributed by atoms with Crippen molar-refractivity contribution in [2.45, 2.75) is 26.4 Å². The first-order chi connectivity index (χ1) is 13.3. The molecular weight excluding hydrogens is 366 g/mol. The van der Waals surface area contributed by atoms with Crippen molar-refractivity contribution < 1.29 is 28.5 Å². The van der Waals surface area contributed by atoms with E-state index in [0.29, 0.717) is 55.0 Å². The zero-order valence-corrected chi connectivity index (χ0v) is 17.1. The van der Waals surface area contributed by atoms with E-state index in [1.54, 1.807) is 47.1 Å². The number of aliphatic imine (C=N–C) groups is 1. The van der Waals surface area contributed by atoms with Crippen molar-refractivity contribution in [1.29, 1.82) is 0 Å². The number of nitrogens with zero attached hydrogens (tertiary/aromatic N) is 2. The highest BCUT2D eigenvalue weighted by molar-refractivity contribution is 6.08. The van der Waals surface area contributed by atoms with Gasteiger partial charge in [-0.1, -0.05) is 0 Å². The molecule has 1 amide bonds. The van der Waals surface area contributed by atoms with Crippen LogP contribution < -0.4 is 20.1 Å². The number of nitrogens with two attached hydrogens (primary N) is 1. The number of benzene rings is 1. The molecule has 0 radical (unpaired) electrons. The quantitative estimate of drug-likeness (QED) is 0.673. The van der Waals surface area contributed by atoms with Crippen LogP contribution in [-0.2, 0) is 14.2 Å². The molecule has 1 aliphatic heterocycles. The number of fused-ring (bicyclic) bond motifs is 1. The van der Waals surface area contributed by atoms with Crippen molar-refractivity contribution >= 4 is 17.6 Å². The van der Waals surface area contributed by atoms with E-state index in [9.17, 15) is 4.79 Å². The van der Waals surface area contributed by atoms with E-state index >= 15 is 0 Å². The fourth-order valence-corrected chi connectivity index (χ4v) is 2.45. The van der Waals surface area contributed by atoms with Gasteiger partial charge in [-0.15, -0.1) is 0 Å². The number of rotatable bonds is 8. The lowest BCUT2D eigenvalue weighted by atomic mass is 10.1. The number of ether oxygens (including phenoxy) is 5. The third kappa shape index (κ3) is 5.74. The van der Waals surface area contributed by atoms with Gasteiger partial charge in [-0.05, 0) is 26.8 Å². The van der Waals surface area contributed by atoms with Gasteiger partial charge in [-0.2, -0.15) is 0 Å². The Balaban J connectivity index is 2.38. The van der Waals surface area contributed by atoms with Crippen molar-refractivity contribution in [2.24, 2.45) is 10.7 Å². The summed E-state index contributed by atoms with van der Waals surface area (Å²) in [6, 6.07) is 3.42. The van der Waals surface area contributed by atoms with Crippen LogP contribution in [0.3, 0.4) is 0 Å². The fourth-order valence-electron chi connectivity index (χ4n) is 2.45. The lowest BCUT2D eigenvalue weighted by Gasteiger charge is -2.30. The highest BCUT2D eigenvalue weighted by atomic mass is 16.6. The SMILES string of the molecule is COCCOc1cc2c(cc1OCCOC)N(C(=O)OC(C)(C)C)CN=C2N. The summed E-state index contributed by atoms with van der Waals surface area (Å²) in [5, 5.41) is 0. The molecule has 1 aliphatic rings. The predicted molar refractivity (Wildman–Crippen MR) is 105 cm³/mol. The summed E-state index contributed by atoms with van der Waals surface area (Å²) in [4.78, 5) is 18.3. The second-order valence-electron chi connectivity index (χ2n) is 7.09. The van der Waals surface area contributed by atoms with Gasteiger partial charge in [0.05, 0.1) is 18.9 Å². The summed E-state index contributed by atoms with van der Waals surface area (Å²) in [7, 11) is 3.18. The van der Waals surface area contributed by atoms with Gasteiger partial charge in [0.15, 0.2) is 11.5 Å². The molecule has 28 heavy (non-hydrogen) atoms. The number of hydrogen-bond donors (Lipinski definition) is 1. The molecule has 1 aromatic carbocycles. The second kappa shape index (κ2) is 9.61. The molecule has 0 fully saturated rings. The Labute approximate surface area is 165 Å². The molecule has 0 bridgehead atoms. The van der Waals surface area contributed by atoms with Crippen LogP contribution in [0.25, 0.3) is 0 Å². The lowest BCUT2D eigenvalue weighted by molar-refractivity contribution is 0.0581. The summed E-state index contributed by atoms with van der Waals surface area (Å²) in [6.07, 6.45) is -0.513. The van der Waals surface area contributed by atoms with Crippen molar-refractivity contribution in [3.05, 3.63) is 17.7 Å². The Kier molecular flexibility index (Phi) is 7.47. The van der Waals surface area contributed by atoms with Gasteiger partial charge in [0, 0.05) is 25.8 Å². The number of amides is 1. The van der Waals surface area contributed by atoms with Crippen LogP contribution in [0.5, 0.6) is 11.5 Å². The minimum Gasteiger partial charge on any atom is -0.487 e. The zero-order chi connectivity index (χ0) is 20.7. The molecule has 0 saturated carbocycles. The number of anilines is 1. The van der Waals surface area contributed by atoms with Crippen LogP contribution in [-0.4, -0.2) is 64.8 Å². The lowest BCUT2D eigenvalue weighted by Crippen LogP contribution is -2.41. The molecule has 1 aromatic rings. The van der Waals surface area contributed by atoms with Crippen LogP contribution in [0.4, 0.5) is 10.5 Å². The topological polar surface area (TPSA) is 105 Å². The number of hydrogen-bond acceptors (Lipinski definition) is 8. The van der Waals surface area contributed by atoms with Gasteiger partial charge in [-0.3, -0.25) is 4.90 Å². The normalized spacial score (nSPS) is 13.6. The van der Waals surface area contributed by atoms with Gasteiger partial charge in [0.25, 0.3) is 0 Å². The molecule has 9 nitrogen and oxygen atoms in total. The largest absolute Gasteiger partial charge is 0.487 e. The van der Waals surface area contributed by atoms with Gasteiger partial charge < -0.3 is 29.4 Å². The summed E-state index contributed by atoms with van der Waals surface area (Å²) in [5.41, 5.74) is 6.55. The number of amidine groups is 1. The molecule has 0 saturated heterocycles. The first kappa shape index (κ1) is 21.8. The van der Waals surface area contributed by atoms with Crippen LogP contribution in [0.1, 0.15) is 26.3 Å². The van der Waals surface area contributed by atoms with Crippen LogP contribution >= 0.6 is 0 Å². The second-order valence-corrected chi connectivity index (χ2v) is 7.09. The molecule has 9 heteroatoms. The van der Waals surface area contributed by atoms with Crippen molar-refractivity contribution in [2.75, 3.05) is 52.2 Å². The summed E-state index contributed by atoms with van der Waals surface area (Å²) in [5.74, 6) is 1.26. The van der Waals surface area contributed by atoms with E-state index in [2.05, 4.69) is 4.99 Å². The van der Waals surface area contributed by atoms with Crippen LogP contribution in [0.2, 0.25) is 0 Å². The number of carbonyl (C=O) groups excluding carboxylic acids is 1. The first-order valence-corrected chi connectivity index (χ1v) is 8.99. The Morgan fingerprint density at radius 2 is 1.64 bits per heavy atom. The molecule has 0 unspecified atom stereocenters. The van der Waals surface area contributed by atoms with Crippen LogP contribution in [0, 0.1) is 0 Å². The Hall–Kier alpha value is -2.52. The van der Waals surface area contributed by atoms with E-state index in [-0.39, 0.29) is 6.67 Å². The van der Waals surface area contributed by atoms with Crippen molar-refractivity contribution in [1.82, 2.24) is 0 Å². The maximum Gasteiger partial charge on any atom is 0.416 e. The Morgan fingerprint density at radius 3 is 2.18 bits per heavy atom. The highest BCUT2D eigenvalue weighted by Gasteiger charge is 2.30. The molecule has 2 rings (SSSR count). The molecule has 0 aromatic heterocycles. The minimum atomic E-state index is -0.634. The molecule has 0 aliphatic carbocycles. The molecule has 0 atom stereocenters. The predicted octanol–water partition coefficient (Wildman–Crippen LogP) is 2.15. The average molecular weight is 395 g/mol. The zero-order valence-electron chi connectivity index (χ0n) is 17.1. The number of methoxy groups -OCH3 is 2. The molecule has 156 valence electrons. The third-order valence-corrected chi connectivity index (χ3v) is 3.72. The third-order valence-electron chi connectivity index (χ3n) is 3.72. The average Bonchev–Trinajstić information content (AvgIpc) is 2.61. The minimum absolute atomic E-state index is 0.0646. The maximum absolute atomic E-state index is 12.6. The van der Waals surface area contributed by atoms with E-state index in [1.807, 2.05) is 0 Å². The Morgan fingerprint density at radius 1 is 1.07 bits per heavy atom. The van der Waals surface area contributed by atoms with Gasteiger partial charge >= 0.3 is 6.09 Å². The van der Waals surface area contributed by atoms with E-state index in [4.69, 9.17) is 29.4 Å². The number of carbonyl (C=O) groups is 1. The molecule has 2 N–H and O–H groups in total. The summed E-state index contributed by atoms with van der Waals surface area (Å²) < 4.78 is 27.1. The van der Waals surface area contributed by atoms with E-state index in [1.165, 1.54) is 4.90 Å². The van der Waals surface area contributed by atoms with Gasteiger partial charge in [-0.25, -0.2) is 9.79 Å². The standard InChI is InChI=1S/C19H29N3O6/c1-19(2,3)28-18(23)22-12-21-17(20)13-10-15(26-8-6-24-4)16(11-14(13)22)27-9-7-25-5/h10-11H,6-9,12H2,1-5H3,(H2,20,21). The Bertz CT molecular complexity index is 714. The molecule has 0 spiro atoms. The summed E-state index contributed by atoms with van der Waals surface area (Å²) >= 11 is 0. The van der Waals surface area contributed by atoms with Crippen LogP contribution in [0.15, 0.2) is 17.1 Å². The summed E-state index contributed by atoms with van der Waals surface area (Å²) in [6.45, 7) is 6.97. The fraction of sp³-hybridized carbons (Fsp3) is 0.579.